The SMILES string of the molecule is CC1CC(=O)N(C2CCC3(CC2)OCCO3)C1=O. The number of likely N-dealkylation sites (tertiary alicyclic amines) is 1. The summed E-state index contributed by atoms with van der Waals surface area (Å²) < 4.78 is 11.3. The van der Waals surface area contributed by atoms with Gasteiger partial charge in [0.25, 0.3) is 0 Å². The van der Waals surface area contributed by atoms with Gasteiger partial charge in [0.1, 0.15) is 0 Å². The fraction of sp³-hybridized carbons (Fsp3) is 0.846. The molecule has 1 spiro atoms. The predicted octanol–water partition coefficient (Wildman–Crippen LogP) is 1.07. The van der Waals surface area contributed by atoms with E-state index in [2.05, 4.69) is 0 Å². The highest BCUT2D eigenvalue weighted by Gasteiger charge is 2.46. The van der Waals surface area contributed by atoms with Gasteiger partial charge in [-0.25, -0.2) is 0 Å². The maximum atomic E-state index is 12.0. The first-order valence-electron chi connectivity index (χ1n) is 6.75. The second kappa shape index (κ2) is 4.31. The number of hydrogen-bond donors (Lipinski definition) is 0. The molecule has 1 aliphatic carbocycles. The summed E-state index contributed by atoms with van der Waals surface area (Å²) in [4.78, 5) is 25.3. The van der Waals surface area contributed by atoms with Gasteiger partial charge in [-0.3, -0.25) is 14.5 Å². The molecular formula is C13H19NO4. The van der Waals surface area contributed by atoms with Crippen molar-refractivity contribution in [3.8, 4) is 0 Å². The summed E-state index contributed by atoms with van der Waals surface area (Å²) in [7, 11) is 0. The normalized spacial score (nSPS) is 32.7. The van der Waals surface area contributed by atoms with Crippen molar-refractivity contribution in [2.24, 2.45) is 5.92 Å². The van der Waals surface area contributed by atoms with Crippen molar-refractivity contribution in [1.82, 2.24) is 4.90 Å². The van der Waals surface area contributed by atoms with Crippen molar-refractivity contribution < 1.29 is 19.1 Å². The zero-order chi connectivity index (χ0) is 12.8. The van der Waals surface area contributed by atoms with Gasteiger partial charge in [-0.2, -0.15) is 0 Å². The lowest BCUT2D eigenvalue weighted by atomic mass is 9.89. The van der Waals surface area contributed by atoms with E-state index in [1.165, 1.54) is 4.90 Å². The monoisotopic (exact) mass is 253 g/mol. The number of ether oxygens (including phenoxy) is 2. The van der Waals surface area contributed by atoms with Gasteiger partial charge >= 0.3 is 0 Å². The van der Waals surface area contributed by atoms with Crippen molar-refractivity contribution in [2.75, 3.05) is 13.2 Å². The smallest absolute Gasteiger partial charge is 0.232 e. The Morgan fingerprint density at radius 3 is 2.28 bits per heavy atom. The van der Waals surface area contributed by atoms with Gasteiger partial charge in [0, 0.05) is 31.2 Å². The molecule has 0 aromatic carbocycles. The van der Waals surface area contributed by atoms with Crippen LogP contribution in [0.2, 0.25) is 0 Å². The largest absolute Gasteiger partial charge is 0.348 e. The molecule has 1 atom stereocenters. The van der Waals surface area contributed by atoms with Crippen LogP contribution in [0.1, 0.15) is 39.0 Å². The van der Waals surface area contributed by atoms with Crippen LogP contribution in [0, 0.1) is 5.92 Å². The highest BCUT2D eigenvalue weighted by molar-refractivity contribution is 6.03. The lowest BCUT2D eigenvalue weighted by molar-refractivity contribution is -0.185. The Bertz CT molecular complexity index is 365. The van der Waals surface area contributed by atoms with Crippen LogP contribution >= 0.6 is 0 Å². The van der Waals surface area contributed by atoms with E-state index in [-0.39, 0.29) is 23.8 Å². The third-order valence-electron chi connectivity index (χ3n) is 4.30. The minimum absolute atomic E-state index is 0.00536. The van der Waals surface area contributed by atoms with E-state index < -0.39 is 5.79 Å². The summed E-state index contributed by atoms with van der Waals surface area (Å²) in [5.74, 6) is -0.586. The lowest BCUT2D eigenvalue weighted by Crippen LogP contribution is -2.46. The van der Waals surface area contributed by atoms with Crippen LogP contribution in [-0.2, 0) is 19.1 Å². The second-order valence-electron chi connectivity index (χ2n) is 5.55. The molecule has 1 unspecified atom stereocenters. The number of carbonyl (C=O) groups is 2. The van der Waals surface area contributed by atoms with E-state index in [0.717, 1.165) is 25.7 Å². The minimum Gasteiger partial charge on any atom is -0.348 e. The van der Waals surface area contributed by atoms with Gasteiger partial charge in [-0.05, 0) is 12.8 Å². The molecule has 2 aliphatic heterocycles. The molecule has 3 fully saturated rings. The molecule has 0 aromatic rings. The van der Waals surface area contributed by atoms with Crippen LogP contribution in [0.5, 0.6) is 0 Å². The summed E-state index contributed by atoms with van der Waals surface area (Å²) in [6.07, 6.45) is 3.52. The van der Waals surface area contributed by atoms with Crippen LogP contribution in [0.25, 0.3) is 0 Å². The van der Waals surface area contributed by atoms with E-state index >= 15 is 0 Å². The Balaban J connectivity index is 1.66. The quantitative estimate of drug-likeness (QED) is 0.656. The molecule has 5 nitrogen and oxygen atoms in total. The van der Waals surface area contributed by atoms with E-state index in [0.29, 0.717) is 19.6 Å². The molecule has 0 aromatic heterocycles. The maximum Gasteiger partial charge on any atom is 0.232 e. The number of amides is 2. The Morgan fingerprint density at radius 1 is 1.17 bits per heavy atom. The van der Waals surface area contributed by atoms with Gasteiger partial charge in [0.2, 0.25) is 11.8 Å². The van der Waals surface area contributed by atoms with Crippen molar-refractivity contribution in [3.63, 3.8) is 0 Å². The lowest BCUT2D eigenvalue weighted by Gasteiger charge is -2.38. The molecule has 5 heteroatoms. The fourth-order valence-electron chi connectivity index (χ4n) is 3.28. The minimum atomic E-state index is -0.423. The Labute approximate surface area is 106 Å². The number of carbonyl (C=O) groups excluding carboxylic acids is 2. The third kappa shape index (κ3) is 1.86. The number of imide groups is 1. The van der Waals surface area contributed by atoms with E-state index in [1.807, 2.05) is 6.92 Å². The van der Waals surface area contributed by atoms with Crippen LogP contribution < -0.4 is 0 Å². The zero-order valence-corrected chi connectivity index (χ0v) is 10.7. The number of nitrogens with zero attached hydrogens (tertiary/aromatic N) is 1. The van der Waals surface area contributed by atoms with E-state index in [4.69, 9.17) is 9.47 Å². The first-order chi connectivity index (χ1) is 8.61. The van der Waals surface area contributed by atoms with E-state index in [1.54, 1.807) is 0 Å². The van der Waals surface area contributed by atoms with Crippen LogP contribution in [0.3, 0.4) is 0 Å². The van der Waals surface area contributed by atoms with Gasteiger partial charge in [0.15, 0.2) is 5.79 Å². The summed E-state index contributed by atoms with van der Waals surface area (Å²) in [6, 6.07) is 0.0494. The molecule has 0 radical (unpaired) electrons. The molecule has 0 bridgehead atoms. The summed E-state index contributed by atoms with van der Waals surface area (Å²) in [5, 5.41) is 0. The molecule has 18 heavy (non-hydrogen) atoms. The summed E-state index contributed by atoms with van der Waals surface area (Å²) in [5.41, 5.74) is 0. The van der Waals surface area contributed by atoms with Gasteiger partial charge in [-0.1, -0.05) is 6.92 Å². The molecule has 2 amide bonds. The van der Waals surface area contributed by atoms with E-state index in [9.17, 15) is 9.59 Å². The summed E-state index contributed by atoms with van der Waals surface area (Å²) in [6.45, 7) is 3.14. The second-order valence-corrected chi connectivity index (χ2v) is 5.55. The fourth-order valence-corrected chi connectivity index (χ4v) is 3.28. The Hall–Kier alpha value is -0.940. The molecule has 1 saturated carbocycles. The molecule has 2 heterocycles. The first kappa shape index (κ1) is 12.1. The average molecular weight is 253 g/mol. The standard InChI is InChI=1S/C13H19NO4/c1-9-8-11(15)14(12(9)16)10-2-4-13(5-3-10)17-6-7-18-13/h9-10H,2-8H2,1H3. The first-order valence-corrected chi connectivity index (χ1v) is 6.75. The predicted molar refractivity (Wildman–Crippen MR) is 62.5 cm³/mol. The van der Waals surface area contributed by atoms with Crippen molar-refractivity contribution >= 4 is 11.8 Å². The summed E-state index contributed by atoms with van der Waals surface area (Å²) >= 11 is 0. The van der Waals surface area contributed by atoms with Crippen LogP contribution in [-0.4, -0.2) is 41.8 Å². The zero-order valence-electron chi connectivity index (χ0n) is 10.7. The van der Waals surface area contributed by atoms with Crippen LogP contribution in [0.4, 0.5) is 0 Å². The van der Waals surface area contributed by atoms with Crippen molar-refractivity contribution in [1.29, 1.82) is 0 Å². The van der Waals surface area contributed by atoms with Crippen molar-refractivity contribution in [2.45, 2.75) is 50.9 Å². The maximum absolute atomic E-state index is 12.0. The molecular weight excluding hydrogens is 234 g/mol. The molecule has 100 valence electrons. The molecule has 3 rings (SSSR count). The third-order valence-corrected chi connectivity index (χ3v) is 4.30. The van der Waals surface area contributed by atoms with Gasteiger partial charge < -0.3 is 9.47 Å². The van der Waals surface area contributed by atoms with Gasteiger partial charge in [0.05, 0.1) is 13.2 Å². The van der Waals surface area contributed by atoms with Crippen molar-refractivity contribution in [3.05, 3.63) is 0 Å². The molecule has 2 saturated heterocycles. The van der Waals surface area contributed by atoms with Crippen LogP contribution in [0.15, 0.2) is 0 Å². The molecule has 3 aliphatic rings. The number of hydrogen-bond acceptors (Lipinski definition) is 4. The Kier molecular flexibility index (Phi) is 2.90. The molecule has 0 N–H and O–H groups in total. The Morgan fingerprint density at radius 2 is 1.78 bits per heavy atom. The highest BCUT2D eigenvalue weighted by atomic mass is 16.7. The van der Waals surface area contributed by atoms with Gasteiger partial charge in [-0.15, -0.1) is 0 Å². The topological polar surface area (TPSA) is 55.8 Å². The highest BCUT2D eigenvalue weighted by Crippen LogP contribution is 2.38. The average Bonchev–Trinajstić information content (AvgIpc) is 2.89. The number of rotatable bonds is 1.